The molecule has 6 nitrogen and oxygen atoms in total. The van der Waals surface area contributed by atoms with Crippen molar-refractivity contribution in [3.05, 3.63) is 20.2 Å². The van der Waals surface area contributed by atoms with Crippen LogP contribution in [-0.2, 0) is 16.1 Å². The molecule has 2 fully saturated rings. The maximum absolute atomic E-state index is 12.8. The second kappa shape index (κ2) is 6.70. The van der Waals surface area contributed by atoms with Crippen LogP contribution < -0.4 is 4.87 Å². The largest absolute Gasteiger partial charge is 0.480 e. The van der Waals surface area contributed by atoms with Gasteiger partial charge in [0.15, 0.2) is 0 Å². The Bertz CT molecular complexity index is 708. The van der Waals surface area contributed by atoms with Gasteiger partial charge in [0, 0.05) is 29.6 Å². The van der Waals surface area contributed by atoms with E-state index in [0.717, 1.165) is 36.3 Å². The first kappa shape index (κ1) is 17.2. The number of hydrogen-bond donors (Lipinski definition) is 1. The van der Waals surface area contributed by atoms with E-state index in [1.54, 1.807) is 9.47 Å². The lowest BCUT2D eigenvalue weighted by Crippen LogP contribution is -2.46. The van der Waals surface area contributed by atoms with Crippen LogP contribution in [0.5, 0.6) is 0 Å². The highest BCUT2D eigenvalue weighted by atomic mass is 32.1. The molecule has 1 saturated heterocycles. The van der Waals surface area contributed by atoms with Crippen molar-refractivity contribution < 1.29 is 14.7 Å². The van der Waals surface area contributed by atoms with Gasteiger partial charge in [0.25, 0.3) is 0 Å². The molecular weight excluding hydrogens is 328 g/mol. The van der Waals surface area contributed by atoms with Crippen LogP contribution in [-0.4, -0.2) is 38.5 Å². The summed E-state index contributed by atoms with van der Waals surface area (Å²) in [6.45, 7) is 4.10. The third-order valence-electron chi connectivity index (χ3n) is 5.59. The molecule has 0 spiro atoms. The zero-order chi connectivity index (χ0) is 17.4. The minimum atomic E-state index is -0.905. The number of aromatic nitrogens is 1. The van der Waals surface area contributed by atoms with Gasteiger partial charge in [-0.25, -0.2) is 4.79 Å². The topological polar surface area (TPSA) is 79.6 Å². The Labute approximate surface area is 145 Å². The molecule has 1 aliphatic heterocycles. The van der Waals surface area contributed by atoms with Gasteiger partial charge in [0.05, 0.1) is 0 Å². The van der Waals surface area contributed by atoms with Crippen molar-refractivity contribution in [2.45, 2.75) is 71.0 Å². The average molecular weight is 352 g/mol. The van der Waals surface area contributed by atoms with Gasteiger partial charge in [-0.1, -0.05) is 24.2 Å². The smallest absolute Gasteiger partial charge is 0.326 e. The molecule has 1 N–H and O–H groups in total. The summed E-state index contributed by atoms with van der Waals surface area (Å²) in [6, 6.07) is -0.637. The van der Waals surface area contributed by atoms with Crippen LogP contribution in [0.2, 0.25) is 0 Å². The first-order chi connectivity index (χ1) is 11.4. The number of carbonyl (C=O) groups excluding carboxylic acids is 1. The van der Waals surface area contributed by atoms with E-state index in [1.165, 1.54) is 11.3 Å². The number of hydrogen-bond acceptors (Lipinski definition) is 4. The summed E-state index contributed by atoms with van der Waals surface area (Å²) in [5.41, 5.74) is 0.893. The molecule has 1 amide bonds. The Hall–Kier alpha value is -1.63. The molecule has 1 aliphatic carbocycles. The molecule has 1 saturated carbocycles. The second-order valence-electron chi connectivity index (χ2n) is 6.91. The Morgan fingerprint density at radius 2 is 1.96 bits per heavy atom. The minimum absolute atomic E-state index is 0.0513. The Kier molecular flexibility index (Phi) is 4.80. The quantitative estimate of drug-likeness (QED) is 0.900. The van der Waals surface area contributed by atoms with E-state index in [9.17, 15) is 19.5 Å². The molecule has 3 rings (SSSR count). The minimum Gasteiger partial charge on any atom is -0.480 e. The van der Waals surface area contributed by atoms with Crippen molar-refractivity contribution in [2.75, 3.05) is 0 Å². The normalized spacial score (nSPS) is 26.4. The summed E-state index contributed by atoms with van der Waals surface area (Å²) in [6.07, 6.45) is 4.85. The summed E-state index contributed by atoms with van der Waals surface area (Å²) in [5, 5.41) is 9.51. The van der Waals surface area contributed by atoms with Crippen LogP contribution in [0, 0.1) is 19.8 Å². The standard InChI is InChI=1S/C17H24N2O4S/c1-10-11(2)24-17(23)18(10)8-7-15(20)19-13-6-4-3-5-12(13)9-14(19)16(21)22/h12-14H,3-9H2,1-2H3,(H,21,22). The van der Waals surface area contributed by atoms with Crippen molar-refractivity contribution in [3.63, 3.8) is 0 Å². The summed E-state index contributed by atoms with van der Waals surface area (Å²) in [4.78, 5) is 38.9. The van der Waals surface area contributed by atoms with E-state index >= 15 is 0 Å². The van der Waals surface area contributed by atoms with Gasteiger partial charge in [0.1, 0.15) is 6.04 Å². The number of rotatable bonds is 4. The zero-order valence-corrected chi connectivity index (χ0v) is 15.0. The Morgan fingerprint density at radius 3 is 2.58 bits per heavy atom. The predicted octanol–water partition coefficient (Wildman–Crippen LogP) is 2.16. The van der Waals surface area contributed by atoms with E-state index in [0.29, 0.717) is 18.9 Å². The molecule has 1 aromatic rings. The van der Waals surface area contributed by atoms with Crippen molar-refractivity contribution in [2.24, 2.45) is 5.92 Å². The number of likely N-dealkylation sites (tertiary alicyclic amines) is 1. The number of carboxylic acid groups (broad SMARTS) is 1. The van der Waals surface area contributed by atoms with Crippen LogP contribution in [0.4, 0.5) is 0 Å². The van der Waals surface area contributed by atoms with E-state index in [2.05, 4.69) is 0 Å². The van der Waals surface area contributed by atoms with Gasteiger partial charge in [-0.15, -0.1) is 0 Å². The average Bonchev–Trinajstić information content (AvgIpc) is 3.04. The number of amides is 1. The number of carboxylic acids is 1. The maximum atomic E-state index is 12.8. The number of carbonyl (C=O) groups is 2. The fourth-order valence-corrected chi connectivity index (χ4v) is 5.08. The fourth-order valence-electron chi connectivity index (χ4n) is 4.22. The maximum Gasteiger partial charge on any atom is 0.326 e. The van der Waals surface area contributed by atoms with E-state index < -0.39 is 12.0 Å². The molecule has 132 valence electrons. The second-order valence-corrected chi connectivity index (χ2v) is 8.08. The van der Waals surface area contributed by atoms with Crippen LogP contribution in [0.3, 0.4) is 0 Å². The van der Waals surface area contributed by atoms with Crippen molar-refractivity contribution in [1.29, 1.82) is 0 Å². The van der Waals surface area contributed by atoms with Gasteiger partial charge in [-0.2, -0.15) is 0 Å². The van der Waals surface area contributed by atoms with Gasteiger partial charge in [0.2, 0.25) is 5.91 Å². The first-order valence-electron chi connectivity index (χ1n) is 8.61. The molecule has 0 bridgehead atoms. The van der Waals surface area contributed by atoms with Crippen LogP contribution in [0.15, 0.2) is 4.79 Å². The highest BCUT2D eigenvalue weighted by Gasteiger charge is 2.47. The Morgan fingerprint density at radius 1 is 1.25 bits per heavy atom. The fraction of sp³-hybridized carbons (Fsp3) is 0.706. The number of aliphatic carboxylic acids is 1. The van der Waals surface area contributed by atoms with Gasteiger partial charge in [-0.05, 0) is 39.0 Å². The molecule has 1 aromatic heterocycles. The summed E-state index contributed by atoms with van der Waals surface area (Å²) in [7, 11) is 0. The van der Waals surface area contributed by atoms with Crippen molar-refractivity contribution >= 4 is 23.2 Å². The lowest BCUT2D eigenvalue weighted by Gasteiger charge is -2.33. The molecule has 2 heterocycles. The number of nitrogens with zero attached hydrogens (tertiary/aromatic N) is 2. The van der Waals surface area contributed by atoms with Crippen molar-refractivity contribution in [3.8, 4) is 0 Å². The predicted molar refractivity (Wildman–Crippen MR) is 91.3 cm³/mol. The summed E-state index contributed by atoms with van der Waals surface area (Å²) >= 11 is 1.19. The van der Waals surface area contributed by atoms with Crippen LogP contribution in [0.25, 0.3) is 0 Å². The monoisotopic (exact) mass is 352 g/mol. The molecule has 0 aromatic carbocycles. The number of fused-ring (bicyclic) bond motifs is 1. The lowest BCUT2D eigenvalue weighted by atomic mass is 9.84. The van der Waals surface area contributed by atoms with E-state index in [1.807, 2.05) is 13.8 Å². The van der Waals surface area contributed by atoms with Gasteiger partial charge < -0.3 is 14.6 Å². The molecule has 2 aliphatic rings. The third kappa shape index (κ3) is 3.01. The van der Waals surface area contributed by atoms with Gasteiger partial charge in [-0.3, -0.25) is 9.59 Å². The number of aryl methyl sites for hydroxylation is 1. The highest BCUT2D eigenvalue weighted by Crippen LogP contribution is 2.40. The summed E-state index contributed by atoms with van der Waals surface area (Å²) in [5.74, 6) is -0.721. The Balaban J connectivity index is 1.74. The van der Waals surface area contributed by atoms with Gasteiger partial charge >= 0.3 is 10.8 Å². The molecule has 24 heavy (non-hydrogen) atoms. The highest BCUT2D eigenvalue weighted by molar-refractivity contribution is 7.09. The zero-order valence-electron chi connectivity index (χ0n) is 14.2. The summed E-state index contributed by atoms with van der Waals surface area (Å²) < 4.78 is 1.63. The first-order valence-corrected chi connectivity index (χ1v) is 9.42. The van der Waals surface area contributed by atoms with Crippen LogP contribution in [0.1, 0.15) is 49.1 Å². The van der Waals surface area contributed by atoms with Crippen LogP contribution >= 0.6 is 11.3 Å². The van der Waals surface area contributed by atoms with Crippen molar-refractivity contribution in [1.82, 2.24) is 9.47 Å². The lowest BCUT2D eigenvalue weighted by molar-refractivity contribution is -0.150. The van der Waals surface area contributed by atoms with E-state index in [4.69, 9.17) is 0 Å². The molecule has 3 unspecified atom stereocenters. The molecular formula is C17H24N2O4S. The van der Waals surface area contributed by atoms with E-state index in [-0.39, 0.29) is 23.2 Å². The molecule has 0 radical (unpaired) electrons. The molecule has 3 atom stereocenters. The SMILES string of the molecule is Cc1sc(=O)n(CCC(=O)N2C(C(=O)O)CC3CCCCC32)c1C. The number of thiazole rings is 1. The third-order valence-corrected chi connectivity index (χ3v) is 6.58. The molecule has 7 heteroatoms.